The third-order valence-corrected chi connectivity index (χ3v) is 6.02. The molecule has 3 aliphatic rings. The van der Waals surface area contributed by atoms with Crippen LogP contribution in [0.15, 0.2) is 42.4 Å². The summed E-state index contributed by atoms with van der Waals surface area (Å²) in [5.74, 6) is 2.22. The largest absolute Gasteiger partial charge is 0.490 e. The average molecular weight is 372 g/mol. The molecule has 6 nitrogen and oxygen atoms in total. The number of rotatable bonds is 5. The Morgan fingerprint density at radius 2 is 2.07 bits per heavy atom. The number of hydrogen-bond donors (Lipinski definition) is 0. The maximum atomic E-state index is 12.7. The van der Waals surface area contributed by atoms with Crippen LogP contribution in [-0.2, 0) is 19.0 Å². The van der Waals surface area contributed by atoms with Crippen molar-refractivity contribution in [3.8, 4) is 11.5 Å². The lowest BCUT2D eigenvalue weighted by molar-refractivity contribution is -0.132. The smallest absolute Gasteiger partial charge is 0.231 e. The minimum absolute atomic E-state index is 0.0850. The molecule has 2 heterocycles. The molecule has 1 saturated heterocycles. The van der Waals surface area contributed by atoms with Crippen LogP contribution in [0.1, 0.15) is 31.4 Å². The molecule has 1 fully saturated rings. The molecule has 1 aliphatic carbocycles. The maximum Gasteiger partial charge on any atom is 0.231 e. The van der Waals surface area contributed by atoms with Gasteiger partial charge in [0, 0.05) is 18.4 Å². The zero-order valence-electron chi connectivity index (χ0n) is 15.8. The molecular weight excluding hydrogens is 348 g/mol. The summed E-state index contributed by atoms with van der Waals surface area (Å²) in [6.45, 7) is 6.29. The SMILES string of the molecule is C=CC[C@@]12C[C@@H](OC)C(=O)C(OC)=C1O[C@H](c1ccc3c(c1)OCO3)[C@H]2C. The summed E-state index contributed by atoms with van der Waals surface area (Å²) < 4.78 is 28.2. The topological polar surface area (TPSA) is 63.2 Å². The second-order valence-corrected chi connectivity index (χ2v) is 7.24. The average Bonchev–Trinajstić information content (AvgIpc) is 3.25. The van der Waals surface area contributed by atoms with Gasteiger partial charge in [0.25, 0.3) is 0 Å². The lowest BCUT2D eigenvalue weighted by Gasteiger charge is -2.38. The Kier molecular flexibility index (Phi) is 4.38. The van der Waals surface area contributed by atoms with E-state index in [2.05, 4.69) is 13.5 Å². The van der Waals surface area contributed by atoms with Crippen molar-refractivity contribution < 1.29 is 28.5 Å². The number of methoxy groups -OCH3 is 2. The fourth-order valence-corrected chi connectivity index (χ4v) is 4.53. The number of ether oxygens (including phenoxy) is 5. The number of Topliss-reactive ketones (excluding diaryl/α,β-unsaturated/α-hetero) is 1. The summed E-state index contributed by atoms with van der Waals surface area (Å²) in [5, 5.41) is 0. The van der Waals surface area contributed by atoms with Gasteiger partial charge in [-0.15, -0.1) is 6.58 Å². The first kappa shape index (κ1) is 17.9. The first-order valence-electron chi connectivity index (χ1n) is 9.08. The first-order valence-corrected chi connectivity index (χ1v) is 9.08. The standard InChI is InChI=1S/C21H24O6/c1-5-8-21-10-16(23-3)17(22)19(24-4)20(21)27-18(12(21)2)13-6-7-14-15(9-13)26-11-25-14/h5-7,9,12,16,18H,1,8,10-11H2,2-4H3/t12-,16-,18+,21+/m1/s1. The number of carbonyl (C=O) groups is 1. The van der Waals surface area contributed by atoms with Crippen molar-refractivity contribution in [3.05, 3.63) is 47.9 Å². The molecule has 0 amide bonds. The first-order chi connectivity index (χ1) is 13.1. The summed E-state index contributed by atoms with van der Waals surface area (Å²) in [5.41, 5.74) is 0.580. The highest BCUT2D eigenvalue weighted by Gasteiger charge is 2.58. The van der Waals surface area contributed by atoms with E-state index < -0.39 is 11.5 Å². The van der Waals surface area contributed by atoms with E-state index in [-0.39, 0.29) is 30.4 Å². The van der Waals surface area contributed by atoms with Crippen LogP contribution in [0, 0.1) is 11.3 Å². The number of allylic oxidation sites excluding steroid dienone is 2. The normalized spacial score (nSPS) is 31.5. The van der Waals surface area contributed by atoms with E-state index in [4.69, 9.17) is 23.7 Å². The van der Waals surface area contributed by atoms with Gasteiger partial charge in [-0.25, -0.2) is 0 Å². The van der Waals surface area contributed by atoms with Gasteiger partial charge in [0.2, 0.25) is 18.3 Å². The van der Waals surface area contributed by atoms with Crippen LogP contribution in [-0.4, -0.2) is 32.9 Å². The molecule has 4 rings (SSSR count). The second-order valence-electron chi connectivity index (χ2n) is 7.24. The van der Waals surface area contributed by atoms with Crippen molar-refractivity contribution in [1.29, 1.82) is 0 Å². The van der Waals surface area contributed by atoms with Crippen LogP contribution < -0.4 is 9.47 Å². The summed E-state index contributed by atoms with van der Waals surface area (Å²) >= 11 is 0. The molecule has 144 valence electrons. The number of benzene rings is 1. The van der Waals surface area contributed by atoms with Crippen molar-refractivity contribution in [3.63, 3.8) is 0 Å². The maximum absolute atomic E-state index is 12.7. The van der Waals surface area contributed by atoms with Gasteiger partial charge in [-0.1, -0.05) is 19.1 Å². The third kappa shape index (κ3) is 2.54. The molecule has 4 atom stereocenters. The molecule has 0 spiro atoms. The predicted octanol–water partition coefficient (Wildman–Crippen LogP) is 3.53. The molecule has 0 aromatic heterocycles. The quantitative estimate of drug-likeness (QED) is 0.737. The van der Waals surface area contributed by atoms with Gasteiger partial charge >= 0.3 is 0 Å². The van der Waals surface area contributed by atoms with Crippen molar-refractivity contribution in [2.45, 2.75) is 32.0 Å². The third-order valence-electron chi connectivity index (χ3n) is 6.02. The Hall–Kier alpha value is -2.47. The fourth-order valence-electron chi connectivity index (χ4n) is 4.53. The molecule has 0 unspecified atom stereocenters. The minimum Gasteiger partial charge on any atom is -0.490 e. The molecule has 1 aromatic carbocycles. The van der Waals surface area contributed by atoms with E-state index in [1.807, 2.05) is 24.3 Å². The molecule has 0 N–H and O–H groups in total. The van der Waals surface area contributed by atoms with Crippen molar-refractivity contribution in [2.24, 2.45) is 11.3 Å². The number of hydrogen-bond acceptors (Lipinski definition) is 6. The van der Waals surface area contributed by atoms with E-state index >= 15 is 0 Å². The highest BCUT2D eigenvalue weighted by molar-refractivity contribution is 5.99. The van der Waals surface area contributed by atoms with E-state index in [1.165, 1.54) is 7.11 Å². The van der Waals surface area contributed by atoms with E-state index in [0.717, 1.165) is 11.3 Å². The van der Waals surface area contributed by atoms with Gasteiger partial charge in [0.05, 0.1) is 7.11 Å². The van der Waals surface area contributed by atoms with Gasteiger partial charge in [-0.2, -0.15) is 0 Å². The summed E-state index contributed by atoms with van der Waals surface area (Å²) in [6.07, 6.45) is 2.30. The zero-order valence-corrected chi connectivity index (χ0v) is 15.8. The van der Waals surface area contributed by atoms with Crippen molar-refractivity contribution >= 4 is 5.78 Å². The fraction of sp³-hybridized carbons (Fsp3) is 0.476. The Labute approximate surface area is 158 Å². The van der Waals surface area contributed by atoms with Gasteiger partial charge in [-0.05, 0) is 30.5 Å². The number of fused-ring (bicyclic) bond motifs is 2. The van der Waals surface area contributed by atoms with Crippen molar-refractivity contribution in [2.75, 3.05) is 21.0 Å². The minimum atomic E-state index is -0.551. The van der Waals surface area contributed by atoms with E-state index in [1.54, 1.807) is 7.11 Å². The summed E-state index contributed by atoms with van der Waals surface area (Å²) in [4.78, 5) is 12.7. The molecule has 0 radical (unpaired) electrons. The highest BCUT2D eigenvalue weighted by atomic mass is 16.7. The highest BCUT2D eigenvalue weighted by Crippen LogP contribution is 2.60. The monoisotopic (exact) mass is 372 g/mol. The van der Waals surface area contributed by atoms with Crippen LogP contribution in [0.5, 0.6) is 11.5 Å². The number of carbonyl (C=O) groups excluding carboxylic acids is 1. The van der Waals surface area contributed by atoms with E-state index in [0.29, 0.717) is 24.4 Å². The summed E-state index contributed by atoms with van der Waals surface area (Å²) in [6, 6.07) is 5.83. The summed E-state index contributed by atoms with van der Waals surface area (Å²) in [7, 11) is 3.05. The van der Waals surface area contributed by atoms with Gasteiger partial charge < -0.3 is 23.7 Å². The predicted molar refractivity (Wildman–Crippen MR) is 97.3 cm³/mol. The van der Waals surface area contributed by atoms with Gasteiger partial charge in [-0.3, -0.25) is 4.79 Å². The molecule has 2 aliphatic heterocycles. The molecule has 27 heavy (non-hydrogen) atoms. The Morgan fingerprint density at radius 3 is 2.78 bits per heavy atom. The Bertz CT molecular complexity index is 813. The van der Waals surface area contributed by atoms with Crippen LogP contribution in [0.25, 0.3) is 0 Å². The van der Waals surface area contributed by atoms with Crippen LogP contribution in [0.4, 0.5) is 0 Å². The Morgan fingerprint density at radius 1 is 1.30 bits per heavy atom. The molecule has 1 aromatic rings. The molecule has 6 heteroatoms. The van der Waals surface area contributed by atoms with Crippen LogP contribution >= 0.6 is 0 Å². The zero-order chi connectivity index (χ0) is 19.2. The van der Waals surface area contributed by atoms with Gasteiger partial charge in [0.15, 0.2) is 11.5 Å². The van der Waals surface area contributed by atoms with Crippen molar-refractivity contribution in [1.82, 2.24) is 0 Å². The molecule has 0 bridgehead atoms. The molecule has 0 saturated carbocycles. The van der Waals surface area contributed by atoms with Crippen LogP contribution in [0.2, 0.25) is 0 Å². The lowest BCUT2D eigenvalue weighted by atomic mass is 9.65. The Balaban J connectivity index is 1.80. The molecular formula is C21H24O6. The van der Waals surface area contributed by atoms with Crippen LogP contribution in [0.3, 0.4) is 0 Å². The second kappa shape index (κ2) is 6.60. The van der Waals surface area contributed by atoms with Gasteiger partial charge in [0.1, 0.15) is 18.0 Å². The van der Waals surface area contributed by atoms with E-state index in [9.17, 15) is 4.79 Å². The number of ketones is 1. The lowest BCUT2D eigenvalue weighted by Crippen LogP contribution is -2.42.